The lowest BCUT2D eigenvalue weighted by molar-refractivity contribution is 0.147. The molecule has 0 fully saturated rings. The Bertz CT molecular complexity index is 288. The highest BCUT2D eigenvalue weighted by atomic mass is 16.5. The standard InChI is InChI=1S/C10H21N5O/c1-3-14(6-7-16-2)4-5-15-9-10(8-11)12-13-15/h9H,3-8,11H2,1-2H3. The van der Waals surface area contributed by atoms with Crippen LogP contribution in [0, 0.1) is 0 Å². The van der Waals surface area contributed by atoms with Gasteiger partial charge in [0.05, 0.1) is 18.8 Å². The summed E-state index contributed by atoms with van der Waals surface area (Å²) in [6.07, 6.45) is 1.89. The molecule has 1 rings (SSSR count). The van der Waals surface area contributed by atoms with Gasteiger partial charge in [-0.2, -0.15) is 0 Å². The van der Waals surface area contributed by atoms with Gasteiger partial charge in [-0.1, -0.05) is 12.1 Å². The van der Waals surface area contributed by atoms with Crippen molar-refractivity contribution in [2.75, 3.05) is 33.4 Å². The van der Waals surface area contributed by atoms with Crippen LogP contribution >= 0.6 is 0 Å². The molecule has 0 saturated carbocycles. The van der Waals surface area contributed by atoms with Gasteiger partial charge in [0.2, 0.25) is 0 Å². The molecule has 0 unspecified atom stereocenters. The summed E-state index contributed by atoms with van der Waals surface area (Å²) in [5, 5.41) is 7.95. The molecule has 1 aromatic rings. The van der Waals surface area contributed by atoms with E-state index in [1.165, 1.54) is 0 Å². The third kappa shape index (κ3) is 4.26. The van der Waals surface area contributed by atoms with Crippen LogP contribution in [0.15, 0.2) is 6.20 Å². The third-order valence-electron chi connectivity index (χ3n) is 2.50. The second-order valence-electron chi connectivity index (χ2n) is 3.60. The number of methoxy groups -OCH3 is 1. The van der Waals surface area contributed by atoms with Gasteiger partial charge in [0.15, 0.2) is 0 Å². The van der Waals surface area contributed by atoms with E-state index in [-0.39, 0.29) is 0 Å². The van der Waals surface area contributed by atoms with Crippen LogP contribution in [0.25, 0.3) is 0 Å². The Hall–Kier alpha value is -0.980. The van der Waals surface area contributed by atoms with Crippen LogP contribution in [-0.4, -0.2) is 53.2 Å². The van der Waals surface area contributed by atoms with Crippen LogP contribution in [0.5, 0.6) is 0 Å². The normalized spacial score (nSPS) is 11.2. The van der Waals surface area contributed by atoms with Crippen LogP contribution in [0.3, 0.4) is 0 Å². The van der Waals surface area contributed by atoms with E-state index in [1.54, 1.807) is 7.11 Å². The van der Waals surface area contributed by atoms with Gasteiger partial charge in [-0.05, 0) is 6.54 Å². The minimum Gasteiger partial charge on any atom is -0.383 e. The fraction of sp³-hybridized carbons (Fsp3) is 0.800. The van der Waals surface area contributed by atoms with E-state index in [0.717, 1.165) is 38.5 Å². The quantitative estimate of drug-likeness (QED) is 0.660. The SMILES string of the molecule is CCN(CCOC)CCn1cc(CN)nn1. The van der Waals surface area contributed by atoms with Crippen molar-refractivity contribution in [2.24, 2.45) is 5.73 Å². The summed E-state index contributed by atoms with van der Waals surface area (Å²) in [5.74, 6) is 0. The van der Waals surface area contributed by atoms with Crippen molar-refractivity contribution in [3.05, 3.63) is 11.9 Å². The lowest BCUT2D eigenvalue weighted by Crippen LogP contribution is -2.30. The van der Waals surface area contributed by atoms with E-state index in [4.69, 9.17) is 10.5 Å². The average Bonchev–Trinajstić information content (AvgIpc) is 2.77. The minimum absolute atomic E-state index is 0.446. The van der Waals surface area contributed by atoms with E-state index in [1.807, 2.05) is 10.9 Å². The maximum absolute atomic E-state index is 5.47. The van der Waals surface area contributed by atoms with E-state index in [2.05, 4.69) is 22.1 Å². The predicted octanol–water partition coefficient (Wildman–Crippen LogP) is -0.295. The molecule has 2 N–H and O–H groups in total. The van der Waals surface area contributed by atoms with Crippen molar-refractivity contribution >= 4 is 0 Å². The van der Waals surface area contributed by atoms with Gasteiger partial charge < -0.3 is 10.5 Å². The molecule has 0 atom stereocenters. The van der Waals surface area contributed by atoms with E-state index >= 15 is 0 Å². The first-order chi connectivity index (χ1) is 7.80. The largest absolute Gasteiger partial charge is 0.383 e. The van der Waals surface area contributed by atoms with Crippen molar-refractivity contribution in [3.63, 3.8) is 0 Å². The van der Waals surface area contributed by atoms with Gasteiger partial charge >= 0.3 is 0 Å². The van der Waals surface area contributed by atoms with Crippen molar-refractivity contribution in [1.82, 2.24) is 19.9 Å². The Morgan fingerprint density at radius 3 is 2.88 bits per heavy atom. The number of aromatic nitrogens is 3. The van der Waals surface area contributed by atoms with Crippen molar-refractivity contribution in [2.45, 2.75) is 20.0 Å². The second kappa shape index (κ2) is 7.32. The summed E-state index contributed by atoms with van der Waals surface area (Å²) in [7, 11) is 1.72. The van der Waals surface area contributed by atoms with Gasteiger partial charge in [-0.3, -0.25) is 9.58 Å². The fourth-order valence-corrected chi connectivity index (χ4v) is 1.43. The number of hydrogen-bond acceptors (Lipinski definition) is 5. The Morgan fingerprint density at radius 2 is 2.31 bits per heavy atom. The summed E-state index contributed by atoms with van der Waals surface area (Å²) < 4.78 is 6.89. The van der Waals surface area contributed by atoms with Gasteiger partial charge in [0.25, 0.3) is 0 Å². The molecule has 0 amide bonds. The fourth-order valence-electron chi connectivity index (χ4n) is 1.43. The molecule has 16 heavy (non-hydrogen) atoms. The van der Waals surface area contributed by atoms with Crippen molar-refractivity contribution < 1.29 is 4.74 Å². The van der Waals surface area contributed by atoms with Crippen LogP contribution < -0.4 is 5.73 Å². The number of rotatable bonds is 8. The molecule has 0 aromatic carbocycles. The Kier molecular flexibility index (Phi) is 5.99. The summed E-state index contributed by atoms with van der Waals surface area (Å²) >= 11 is 0. The minimum atomic E-state index is 0.446. The maximum Gasteiger partial charge on any atom is 0.0962 e. The first-order valence-corrected chi connectivity index (χ1v) is 5.60. The zero-order valence-electron chi connectivity index (χ0n) is 10.1. The molecule has 92 valence electrons. The molecule has 1 aromatic heterocycles. The molecular formula is C10H21N5O. The molecule has 6 heteroatoms. The molecule has 0 aliphatic carbocycles. The number of nitrogens with two attached hydrogens (primary N) is 1. The summed E-state index contributed by atoms with van der Waals surface area (Å²) in [6, 6.07) is 0. The lowest BCUT2D eigenvalue weighted by atomic mass is 10.4. The smallest absolute Gasteiger partial charge is 0.0962 e. The van der Waals surface area contributed by atoms with E-state index in [0.29, 0.717) is 6.54 Å². The average molecular weight is 227 g/mol. The first-order valence-electron chi connectivity index (χ1n) is 5.60. The summed E-state index contributed by atoms with van der Waals surface area (Å²) in [6.45, 7) is 7.10. The van der Waals surface area contributed by atoms with Gasteiger partial charge in [0, 0.05) is 32.9 Å². The molecular weight excluding hydrogens is 206 g/mol. The third-order valence-corrected chi connectivity index (χ3v) is 2.50. The summed E-state index contributed by atoms with van der Waals surface area (Å²) in [4.78, 5) is 2.31. The van der Waals surface area contributed by atoms with E-state index in [9.17, 15) is 0 Å². The molecule has 0 saturated heterocycles. The Balaban J connectivity index is 2.31. The monoisotopic (exact) mass is 227 g/mol. The molecule has 0 spiro atoms. The highest BCUT2D eigenvalue weighted by molar-refractivity contribution is 4.90. The van der Waals surface area contributed by atoms with E-state index < -0.39 is 0 Å². The molecule has 6 nitrogen and oxygen atoms in total. The molecule has 0 radical (unpaired) electrons. The highest BCUT2D eigenvalue weighted by Gasteiger charge is 2.03. The lowest BCUT2D eigenvalue weighted by Gasteiger charge is -2.19. The van der Waals surface area contributed by atoms with Gasteiger partial charge in [-0.25, -0.2) is 0 Å². The van der Waals surface area contributed by atoms with Crippen molar-refractivity contribution in [1.29, 1.82) is 0 Å². The zero-order valence-corrected chi connectivity index (χ0v) is 10.1. The maximum atomic E-state index is 5.47. The van der Waals surface area contributed by atoms with Crippen molar-refractivity contribution in [3.8, 4) is 0 Å². The number of likely N-dealkylation sites (N-methyl/N-ethyl adjacent to an activating group) is 1. The molecule has 0 aliphatic heterocycles. The Labute approximate surface area is 96.4 Å². The van der Waals surface area contributed by atoms with Gasteiger partial charge in [0.1, 0.15) is 0 Å². The predicted molar refractivity (Wildman–Crippen MR) is 61.9 cm³/mol. The van der Waals surface area contributed by atoms with Crippen LogP contribution in [0.2, 0.25) is 0 Å². The zero-order chi connectivity index (χ0) is 11.8. The first kappa shape index (κ1) is 13.1. The van der Waals surface area contributed by atoms with Crippen LogP contribution in [0.4, 0.5) is 0 Å². The number of ether oxygens (including phenoxy) is 1. The molecule has 1 heterocycles. The summed E-state index contributed by atoms with van der Waals surface area (Å²) in [5.41, 5.74) is 6.30. The Morgan fingerprint density at radius 1 is 1.50 bits per heavy atom. The molecule has 0 aliphatic rings. The molecule has 0 bridgehead atoms. The van der Waals surface area contributed by atoms with Crippen LogP contribution in [-0.2, 0) is 17.8 Å². The number of nitrogens with zero attached hydrogens (tertiary/aromatic N) is 4. The number of hydrogen-bond donors (Lipinski definition) is 1. The topological polar surface area (TPSA) is 69.2 Å². The van der Waals surface area contributed by atoms with Crippen LogP contribution in [0.1, 0.15) is 12.6 Å². The highest BCUT2D eigenvalue weighted by Crippen LogP contribution is 1.94. The van der Waals surface area contributed by atoms with Gasteiger partial charge in [-0.15, -0.1) is 5.10 Å². The second-order valence-corrected chi connectivity index (χ2v) is 3.60.